The fourth-order valence-electron chi connectivity index (χ4n) is 1.63. The number of thioether (sulfide) groups is 1. The van der Waals surface area contributed by atoms with E-state index in [2.05, 4.69) is 15.2 Å². The van der Waals surface area contributed by atoms with Gasteiger partial charge in [-0.2, -0.15) is 0 Å². The van der Waals surface area contributed by atoms with E-state index < -0.39 is 5.97 Å². The first-order chi connectivity index (χ1) is 10.5. The molecule has 2 aromatic rings. The number of halogens is 1. The monoisotopic (exact) mass is 339 g/mol. The molecule has 0 saturated heterocycles. The van der Waals surface area contributed by atoms with E-state index in [9.17, 15) is 9.90 Å². The van der Waals surface area contributed by atoms with Crippen molar-refractivity contribution in [3.8, 4) is 5.75 Å². The van der Waals surface area contributed by atoms with Gasteiger partial charge in [-0.05, 0) is 49.4 Å². The van der Waals surface area contributed by atoms with E-state index in [1.54, 1.807) is 25.1 Å². The summed E-state index contributed by atoms with van der Waals surface area (Å²) in [6, 6.07) is 5.10. The third-order valence-corrected chi connectivity index (χ3v) is 3.72. The first-order valence-corrected chi connectivity index (χ1v) is 7.63. The predicted molar refractivity (Wildman–Crippen MR) is 85.2 cm³/mol. The molecule has 0 saturated carbocycles. The molecule has 0 amide bonds. The second kappa shape index (κ2) is 7.33. The highest BCUT2D eigenvalue weighted by atomic mass is 35.5. The standard InChI is InChI=1S/C14H14ClN3O3S/c1-3-21-11-5-4-9(6-10(11)15)7-12(13(19)20)22-14-16-8(2)17-18-14/h4-7H,3H2,1-2H3,(H,19,20)(H,16,17,18)/b12-7-. The van der Waals surface area contributed by atoms with Gasteiger partial charge in [0.2, 0.25) is 5.16 Å². The molecule has 0 bridgehead atoms. The van der Waals surface area contributed by atoms with Crippen LogP contribution in [-0.4, -0.2) is 32.9 Å². The zero-order valence-corrected chi connectivity index (χ0v) is 13.5. The maximum Gasteiger partial charge on any atom is 0.342 e. The molecule has 0 atom stereocenters. The molecule has 22 heavy (non-hydrogen) atoms. The minimum atomic E-state index is -1.06. The normalized spacial score (nSPS) is 11.5. The predicted octanol–water partition coefficient (Wildman–Crippen LogP) is 3.38. The first kappa shape index (κ1) is 16.4. The lowest BCUT2D eigenvalue weighted by Gasteiger charge is -2.06. The van der Waals surface area contributed by atoms with Crippen molar-refractivity contribution < 1.29 is 14.6 Å². The number of carboxylic acid groups (broad SMARTS) is 1. The second-order valence-corrected chi connectivity index (χ2v) is 5.66. The zero-order chi connectivity index (χ0) is 16.1. The van der Waals surface area contributed by atoms with Crippen LogP contribution in [-0.2, 0) is 4.79 Å². The number of rotatable bonds is 6. The van der Waals surface area contributed by atoms with E-state index in [1.807, 2.05) is 6.92 Å². The Labute approximate surface area is 136 Å². The van der Waals surface area contributed by atoms with Crippen molar-refractivity contribution in [2.45, 2.75) is 19.0 Å². The van der Waals surface area contributed by atoms with Crippen LogP contribution in [0.1, 0.15) is 18.3 Å². The fraction of sp³-hybridized carbons (Fsp3) is 0.214. The number of aryl methyl sites for hydroxylation is 1. The smallest absolute Gasteiger partial charge is 0.342 e. The third-order valence-electron chi connectivity index (χ3n) is 2.54. The van der Waals surface area contributed by atoms with E-state index in [-0.39, 0.29) is 4.91 Å². The van der Waals surface area contributed by atoms with Crippen LogP contribution in [0.4, 0.5) is 0 Å². The molecule has 1 aromatic heterocycles. The lowest BCUT2D eigenvalue weighted by Crippen LogP contribution is -1.97. The Kier molecular flexibility index (Phi) is 5.46. The fourth-order valence-corrected chi connectivity index (χ4v) is 2.63. The number of nitrogens with zero attached hydrogens (tertiary/aromatic N) is 2. The molecular formula is C14H14ClN3O3S. The largest absolute Gasteiger partial charge is 0.492 e. The number of ether oxygens (including phenoxy) is 1. The number of carboxylic acids is 1. The number of H-pyrrole nitrogens is 1. The molecule has 0 radical (unpaired) electrons. The number of aromatic nitrogens is 3. The van der Waals surface area contributed by atoms with Crippen LogP contribution in [0, 0.1) is 6.92 Å². The highest BCUT2D eigenvalue weighted by molar-refractivity contribution is 8.04. The third kappa shape index (κ3) is 4.25. The van der Waals surface area contributed by atoms with Gasteiger partial charge >= 0.3 is 5.97 Å². The van der Waals surface area contributed by atoms with Crippen LogP contribution in [0.15, 0.2) is 28.3 Å². The van der Waals surface area contributed by atoms with E-state index in [4.69, 9.17) is 16.3 Å². The highest BCUT2D eigenvalue weighted by Crippen LogP contribution is 2.29. The van der Waals surface area contributed by atoms with Crippen LogP contribution < -0.4 is 4.74 Å². The number of aliphatic carboxylic acids is 1. The van der Waals surface area contributed by atoms with Gasteiger partial charge in [0, 0.05) is 0 Å². The van der Waals surface area contributed by atoms with E-state index in [1.165, 1.54) is 6.08 Å². The van der Waals surface area contributed by atoms with Gasteiger partial charge < -0.3 is 9.84 Å². The average Bonchev–Trinajstić information content (AvgIpc) is 2.86. The summed E-state index contributed by atoms with van der Waals surface area (Å²) in [6.07, 6.45) is 1.51. The Morgan fingerprint density at radius 2 is 2.32 bits per heavy atom. The van der Waals surface area contributed by atoms with Crippen molar-refractivity contribution in [1.29, 1.82) is 0 Å². The van der Waals surface area contributed by atoms with Crippen molar-refractivity contribution in [2.75, 3.05) is 6.61 Å². The second-order valence-electron chi connectivity index (χ2n) is 4.24. The molecule has 0 unspecified atom stereocenters. The maximum atomic E-state index is 11.4. The van der Waals surface area contributed by atoms with Crippen molar-refractivity contribution in [3.63, 3.8) is 0 Å². The van der Waals surface area contributed by atoms with Crippen molar-refractivity contribution in [2.24, 2.45) is 0 Å². The summed E-state index contributed by atoms with van der Waals surface area (Å²) in [5.41, 5.74) is 0.658. The highest BCUT2D eigenvalue weighted by Gasteiger charge is 2.13. The Morgan fingerprint density at radius 1 is 1.55 bits per heavy atom. The maximum absolute atomic E-state index is 11.4. The van der Waals surface area contributed by atoms with Gasteiger partial charge in [0.25, 0.3) is 0 Å². The number of aromatic amines is 1. The zero-order valence-electron chi connectivity index (χ0n) is 12.0. The lowest BCUT2D eigenvalue weighted by atomic mass is 10.2. The molecule has 2 rings (SSSR count). The molecule has 8 heteroatoms. The number of carbonyl (C=O) groups is 1. The molecular weight excluding hydrogens is 326 g/mol. The van der Waals surface area contributed by atoms with Crippen LogP contribution in [0.25, 0.3) is 6.08 Å². The molecule has 1 heterocycles. The molecule has 0 aliphatic carbocycles. The topological polar surface area (TPSA) is 88.1 Å². The van der Waals surface area contributed by atoms with Gasteiger partial charge in [-0.15, -0.1) is 5.10 Å². The van der Waals surface area contributed by atoms with Crippen LogP contribution in [0.5, 0.6) is 5.75 Å². The Bertz CT molecular complexity index is 715. The summed E-state index contributed by atoms with van der Waals surface area (Å²) in [4.78, 5) is 15.5. The Morgan fingerprint density at radius 3 is 2.86 bits per heavy atom. The van der Waals surface area contributed by atoms with Gasteiger partial charge in [-0.3, -0.25) is 5.10 Å². The van der Waals surface area contributed by atoms with Crippen LogP contribution >= 0.6 is 23.4 Å². The minimum Gasteiger partial charge on any atom is -0.492 e. The summed E-state index contributed by atoms with van der Waals surface area (Å²) < 4.78 is 5.34. The lowest BCUT2D eigenvalue weighted by molar-refractivity contribution is -0.131. The molecule has 0 spiro atoms. The number of hydrogen-bond donors (Lipinski definition) is 2. The quantitative estimate of drug-likeness (QED) is 0.619. The van der Waals surface area contributed by atoms with Crippen molar-refractivity contribution in [3.05, 3.63) is 39.5 Å². The van der Waals surface area contributed by atoms with Crippen molar-refractivity contribution >= 4 is 35.4 Å². The molecule has 116 valence electrons. The van der Waals surface area contributed by atoms with Crippen molar-refractivity contribution in [1.82, 2.24) is 15.2 Å². The molecule has 2 N–H and O–H groups in total. The number of hydrogen-bond acceptors (Lipinski definition) is 5. The van der Waals surface area contributed by atoms with E-state index in [0.29, 0.717) is 33.9 Å². The molecule has 6 nitrogen and oxygen atoms in total. The van der Waals surface area contributed by atoms with Gasteiger partial charge in [0.05, 0.1) is 11.6 Å². The summed E-state index contributed by atoms with van der Waals surface area (Å²) in [5.74, 6) is 0.129. The molecule has 0 aliphatic heterocycles. The van der Waals surface area contributed by atoms with Gasteiger partial charge in [-0.1, -0.05) is 17.7 Å². The number of benzene rings is 1. The Balaban J connectivity index is 2.26. The van der Waals surface area contributed by atoms with E-state index >= 15 is 0 Å². The van der Waals surface area contributed by atoms with Gasteiger partial charge in [-0.25, -0.2) is 9.78 Å². The summed E-state index contributed by atoms with van der Waals surface area (Å²) in [6.45, 7) is 4.12. The number of nitrogens with one attached hydrogen (secondary N) is 1. The van der Waals surface area contributed by atoms with Crippen LogP contribution in [0.3, 0.4) is 0 Å². The van der Waals surface area contributed by atoms with E-state index in [0.717, 1.165) is 11.8 Å². The summed E-state index contributed by atoms with van der Waals surface area (Å²) in [5, 5.41) is 16.7. The average molecular weight is 340 g/mol. The molecule has 0 fully saturated rings. The Hall–Kier alpha value is -1.99. The van der Waals surface area contributed by atoms with Gasteiger partial charge in [0.1, 0.15) is 16.5 Å². The summed E-state index contributed by atoms with van der Waals surface area (Å²) in [7, 11) is 0. The molecule has 0 aliphatic rings. The minimum absolute atomic E-state index is 0.0965. The first-order valence-electron chi connectivity index (χ1n) is 6.43. The SMILES string of the molecule is CCOc1ccc(/C=C(\Sc2n[nH]c(C)n2)C(=O)O)cc1Cl. The molecule has 1 aromatic carbocycles. The summed E-state index contributed by atoms with van der Waals surface area (Å²) >= 11 is 7.06. The van der Waals surface area contributed by atoms with Crippen LogP contribution in [0.2, 0.25) is 5.02 Å². The van der Waals surface area contributed by atoms with Gasteiger partial charge in [0.15, 0.2) is 0 Å².